The molecule has 2 N–H and O–H groups in total. The third-order valence-corrected chi connectivity index (χ3v) is 2.49. The Hall–Kier alpha value is -1.62. The highest BCUT2D eigenvalue weighted by atomic mass is 16.5. The summed E-state index contributed by atoms with van der Waals surface area (Å²) in [7, 11) is 0. The third kappa shape index (κ3) is 1.78. The number of aromatic nitrogens is 3. The van der Waals surface area contributed by atoms with Crippen molar-refractivity contribution in [1.82, 2.24) is 14.7 Å². The van der Waals surface area contributed by atoms with Crippen molar-refractivity contribution in [2.75, 3.05) is 0 Å². The molecule has 0 radical (unpaired) electrons. The van der Waals surface area contributed by atoms with Gasteiger partial charge in [-0.25, -0.2) is 4.98 Å². The van der Waals surface area contributed by atoms with E-state index in [2.05, 4.69) is 10.1 Å². The Morgan fingerprint density at radius 2 is 2.27 bits per heavy atom. The molecule has 2 rings (SSSR count). The second-order valence-corrected chi connectivity index (χ2v) is 3.48. The summed E-state index contributed by atoms with van der Waals surface area (Å²) in [5, 5.41) is 3.91. The van der Waals surface area contributed by atoms with Gasteiger partial charge in [0.1, 0.15) is 11.6 Å². The number of nitrogens with zero attached hydrogens (tertiary/aromatic N) is 3. The summed E-state index contributed by atoms with van der Waals surface area (Å²) in [6.45, 7) is 5.00. The molecule has 0 fully saturated rings. The van der Waals surface area contributed by atoms with Crippen molar-refractivity contribution in [3.05, 3.63) is 35.2 Å². The van der Waals surface area contributed by atoms with E-state index in [-0.39, 0.29) is 0 Å². The van der Waals surface area contributed by atoms with Crippen LogP contribution in [0.5, 0.6) is 0 Å². The van der Waals surface area contributed by atoms with Gasteiger partial charge in [-0.2, -0.15) is 0 Å². The molecule has 0 aromatic carbocycles. The predicted octanol–water partition coefficient (Wildman–Crippen LogP) is 0.995. The zero-order valence-electron chi connectivity index (χ0n) is 8.90. The van der Waals surface area contributed by atoms with Crippen LogP contribution in [0, 0.1) is 13.8 Å². The molecule has 2 aromatic rings. The molecular weight excluding hydrogens is 192 g/mol. The van der Waals surface area contributed by atoms with Crippen molar-refractivity contribution in [3.8, 4) is 0 Å². The average molecular weight is 206 g/mol. The second-order valence-electron chi connectivity index (χ2n) is 3.48. The predicted molar refractivity (Wildman–Crippen MR) is 55.2 cm³/mol. The van der Waals surface area contributed by atoms with Gasteiger partial charge in [-0.3, -0.25) is 0 Å². The van der Waals surface area contributed by atoms with Gasteiger partial charge >= 0.3 is 0 Å². The first-order chi connectivity index (χ1) is 7.22. The maximum atomic E-state index is 5.58. The first kappa shape index (κ1) is 9.92. The Morgan fingerprint density at radius 1 is 1.47 bits per heavy atom. The monoisotopic (exact) mass is 206 g/mol. The average Bonchev–Trinajstić information content (AvgIpc) is 2.79. The molecule has 5 nitrogen and oxygen atoms in total. The zero-order chi connectivity index (χ0) is 10.8. The molecule has 0 spiro atoms. The summed E-state index contributed by atoms with van der Waals surface area (Å²) in [6, 6.07) is 0. The van der Waals surface area contributed by atoms with Gasteiger partial charge in [0.15, 0.2) is 0 Å². The molecule has 0 bridgehead atoms. The summed E-state index contributed by atoms with van der Waals surface area (Å²) < 4.78 is 7.11. The van der Waals surface area contributed by atoms with Crippen molar-refractivity contribution in [1.29, 1.82) is 0 Å². The fourth-order valence-electron chi connectivity index (χ4n) is 1.57. The highest BCUT2D eigenvalue weighted by Gasteiger charge is 2.10. The first-order valence-corrected chi connectivity index (χ1v) is 4.84. The lowest BCUT2D eigenvalue weighted by atomic mass is 10.2. The Bertz CT molecular complexity index is 438. The third-order valence-electron chi connectivity index (χ3n) is 2.49. The van der Waals surface area contributed by atoms with Crippen LogP contribution in [0.3, 0.4) is 0 Å². The van der Waals surface area contributed by atoms with E-state index in [1.54, 1.807) is 6.20 Å². The lowest BCUT2D eigenvalue weighted by molar-refractivity contribution is 0.392. The number of nitrogens with two attached hydrogens (primary N) is 1. The van der Waals surface area contributed by atoms with Crippen molar-refractivity contribution >= 4 is 0 Å². The molecule has 80 valence electrons. The highest BCUT2D eigenvalue weighted by molar-refractivity contribution is 5.21. The van der Waals surface area contributed by atoms with Crippen LogP contribution in [0.1, 0.15) is 22.8 Å². The van der Waals surface area contributed by atoms with Crippen LogP contribution in [-0.4, -0.2) is 14.7 Å². The lowest BCUT2D eigenvalue weighted by Gasteiger charge is -2.05. The van der Waals surface area contributed by atoms with E-state index in [9.17, 15) is 0 Å². The summed E-state index contributed by atoms with van der Waals surface area (Å²) in [5.41, 5.74) is 7.60. The van der Waals surface area contributed by atoms with Crippen LogP contribution >= 0.6 is 0 Å². The molecule has 0 amide bonds. The summed E-state index contributed by atoms with van der Waals surface area (Å²) >= 11 is 0. The van der Waals surface area contributed by atoms with Gasteiger partial charge in [0, 0.05) is 18.0 Å². The fourth-order valence-corrected chi connectivity index (χ4v) is 1.57. The van der Waals surface area contributed by atoms with E-state index in [0.717, 1.165) is 22.8 Å². The largest absolute Gasteiger partial charge is 0.361 e. The standard InChI is InChI=1S/C10H14N4O/c1-7-9(8(2)15-13-7)6-14-4-3-12-10(14)5-11/h3-4H,5-6,11H2,1-2H3. The molecule has 2 heterocycles. The second kappa shape index (κ2) is 3.86. The molecule has 2 aromatic heterocycles. The topological polar surface area (TPSA) is 69.9 Å². The van der Waals surface area contributed by atoms with Gasteiger partial charge in [-0.1, -0.05) is 5.16 Å². The molecule has 0 aliphatic rings. The molecule has 0 saturated heterocycles. The minimum atomic E-state index is 0.441. The SMILES string of the molecule is Cc1noc(C)c1Cn1ccnc1CN. The van der Waals surface area contributed by atoms with E-state index in [4.69, 9.17) is 10.3 Å². The van der Waals surface area contributed by atoms with Crippen LogP contribution in [0.15, 0.2) is 16.9 Å². The van der Waals surface area contributed by atoms with Gasteiger partial charge in [0.2, 0.25) is 0 Å². The molecule has 15 heavy (non-hydrogen) atoms. The molecule has 0 aliphatic carbocycles. The molecular formula is C10H14N4O. The van der Waals surface area contributed by atoms with Crippen molar-refractivity contribution in [2.24, 2.45) is 5.73 Å². The fraction of sp³-hybridized carbons (Fsp3) is 0.400. The van der Waals surface area contributed by atoms with Crippen LogP contribution in [-0.2, 0) is 13.1 Å². The van der Waals surface area contributed by atoms with Gasteiger partial charge in [-0.05, 0) is 13.8 Å². The molecule has 0 saturated carbocycles. The van der Waals surface area contributed by atoms with E-state index >= 15 is 0 Å². The van der Waals surface area contributed by atoms with Gasteiger partial charge in [-0.15, -0.1) is 0 Å². The lowest BCUT2D eigenvalue weighted by Crippen LogP contribution is -2.09. The Kier molecular flexibility index (Phi) is 2.55. The Labute approximate surface area is 87.9 Å². The normalized spacial score (nSPS) is 10.9. The van der Waals surface area contributed by atoms with E-state index in [1.807, 2.05) is 24.6 Å². The van der Waals surface area contributed by atoms with Crippen LogP contribution in [0.2, 0.25) is 0 Å². The zero-order valence-corrected chi connectivity index (χ0v) is 8.90. The minimum absolute atomic E-state index is 0.441. The van der Waals surface area contributed by atoms with Gasteiger partial charge in [0.25, 0.3) is 0 Å². The molecule has 0 unspecified atom stereocenters. The minimum Gasteiger partial charge on any atom is -0.361 e. The van der Waals surface area contributed by atoms with E-state index < -0.39 is 0 Å². The van der Waals surface area contributed by atoms with Crippen LogP contribution in [0.4, 0.5) is 0 Å². The number of aryl methyl sites for hydroxylation is 2. The number of hydrogen-bond acceptors (Lipinski definition) is 4. The Balaban J connectivity index is 2.29. The molecule has 0 aliphatic heterocycles. The maximum Gasteiger partial charge on any atom is 0.138 e. The van der Waals surface area contributed by atoms with Gasteiger partial charge < -0.3 is 14.8 Å². The smallest absolute Gasteiger partial charge is 0.138 e. The van der Waals surface area contributed by atoms with Gasteiger partial charge in [0.05, 0.1) is 18.8 Å². The van der Waals surface area contributed by atoms with E-state index in [1.165, 1.54) is 0 Å². The Morgan fingerprint density at radius 3 is 2.87 bits per heavy atom. The van der Waals surface area contributed by atoms with Crippen molar-refractivity contribution < 1.29 is 4.52 Å². The van der Waals surface area contributed by atoms with Crippen molar-refractivity contribution in [3.63, 3.8) is 0 Å². The number of hydrogen-bond donors (Lipinski definition) is 1. The maximum absolute atomic E-state index is 5.58. The highest BCUT2D eigenvalue weighted by Crippen LogP contribution is 2.14. The van der Waals surface area contributed by atoms with Crippen molar-refractivity contribution in [2.45, 2.75) is 26.9 Å². The summed E-state index contributed by atoms with van der Waals surface area (Å²) in [4.78, 5) is 4.16. The summed E-state index contributed by atoms with van der Waals surface area (Å²) in [6.07, 6.45) is 3.66. The summed E-state index contributed by atoms with van der Waals surface area (Å²) in [5.74, 6) is 1.72. The quantitative estimate of drug-likeness (QED) is 0.813. The molecule has 0 atom stereocenters. The number of rotatable bonds is 3. The van der Waals surface area contributed by atoms with E-state index in [0.29, 0.717) is 13.1 Å². The first-order valence-electron chi connectivity index (χ1n) is 4.84. The molecule has 5 heteroatoms. The van der Waals surface area contributed by atoms with Crippen LogP contribution in [0.25, 0.3) is 0 Å². The number of imidazole rings is 1. The van der Waals surface area contributed by atoms with Crippen LogP contribution < -0.4 is 5.73 Å².